The van der Waals surface area contributed by atoms with E-state index in [1.165, 1.54) is 0 Å². The standard InChI is InChI=1S/C25H28N4O3/c1-29(2)16-17-32-23-14-8-19(9-15-23)18-26-24(30)20-10-12-22(13-11-20)28-25(31)27-21-6-4-3-5-7-21/h3-15H,16-18H2,1-2H3,(H,26,30)(H2,27,28,31). The molecule has 0 aliphatic carbocycles. The molecule has 0 atom stereocenters. The molecule has 0 fully saturated rings. The number of rotatable bonds is 9. The summed E-state index contributed by atoms with van der Waals surface area (Å²) >= 11 is 0. The van der Waals surface area contributed by atoms with Gasteiger partial charge in [-0.05, 0) is 68.2 Å². The van der Waals surface area contributed by atoms with Crippen molar-refractivity contribution in [3.8, 4) is 5.75 Å². The monoisotopic (exact) mass is 432 g/mol. The van der Waals surface area contributed by atoms with Crippen molar-refractivity contribution in [2.24, 2.45) is 0 Å². The van der Waals surface area contributed by atoms with Crippen molar-refractivity contribution in [3.05, 3.63) is 90.0 Å². The molecule has 3 N–H and O–H groups in total. The molecule has 0 heterocycles. The lowest BCUT2D eigenvalue weighted by molar-refractivity contribution is 0.0951. The third-order valence-electron chi connectivity index (χ3n) is 4.62. The fraction of sp³-hybridized carbons (Fsp3) is 0.200. The highest BCUT2D eigenvalue weighted by molar-refractivity contribution is 6.00. The van der Waals surface area contributed by atoms with Crippen molar-refractivity contribution in [1.29, 1.82) is 0 Å². The molecule has 0 aromatic heterocycles. The Balaban J connectivity index is 1.44. The van der Waals surface area contributed by atoms with Crippen molar-refractivity contribution < 1.29 is 14.3 Å². The van der Waals surface area contributed by atoms with Crippen LogP contribution in [0.15, 0.2) is 78.9 Å². The summed E-state index contributed by atoms with van der Waals surface area (Å²) in [4.78, 5) is 26.5. The third-order valence-corrected chi connectivity index (χ3v) is 4.62. The molecule has 3 amide bonds. The van der Waals surface area contributed by atoms with Gasteiger partial charge in [0, 0.05) is 30.0 Å². The van der Waals surface area contributed by atoms with E-state index in [0.29, 0.717) is 30.1 Å². The van der Waals surface area contributed by atoms with Crippen molar-refractivity contribution >= 4 is 23.3 Å². The molecule has 7 nitrogen and oxygen atoms in total. The minimum atomic E-state index is -0.345. The maximum absolute atomic E-state index is 12.4. The number of hydrogen-bond donors (Lipinski definition) is 3. The quantitative estimate of drug-likeness (QED) is 0.473. The Hall–Kier alpha value is -3.84. The van der Waals surface area contributed by atoms with E-state index in [4.69, 9.17) is 4.74 Å². The second-order valence-corrected chi connectivity index (χ2v) is 7.50. The molecular weight excluding hydrogens is 404 g/mol. The second kappa shape index (κ2) is 11.5. The number of anilines is 2. The number of amides is 3. The summed E-state index contributed by atoms with van der Waals surface area (Å²) in [6, 6.07) is 23.2. The van der Waals surface area contributed by atoms with Gasteiger partial charge >= 0.3 is 6.03 Å². The van der Waals surface area contributed by atoms with E-state index in [2.05, 4.69) is 20.9 Å². The van der Waals surface area contributed by atoms with Crippen LogP contribution in [0.5, 0.6) is 5.75 Å². The molecular formula is C25H28N4O3. The highest BCUT2D eigenvalue weighted by atomic mass is 16.5. The van der Waals surface area contributed by atoms with Crippen LogP contribution < -0.4 is 20.7 Å². The highest BCUT2D eigenvalue weighted by Gasteiger charge is 2.07. The minimum Gasteiger partial charge on any atom is -0.492 e. The zero-order valence-corrected chi connectivity index (χ0v) is 18.3. The Bertz CT molecular complexity index is 1000. The fourth-order valence-corrected chi connectivity index (χ4v) is 2.85. The van der Waals surface area contributed by atoms with Gasteiger partial charge in [-0.15, -0.1) is 0 Å². The van der Waals surface area contributed by atoms with Crippen molar-refractivity contribution in [2.45, 2.75) is 6.54 Å². The maximum Gasteiger partial charge on any atom is 0.323 e. The topological polar surface area (TPSA) is 82.7 Å². The van der Waals surface area contributed by atoms with Crippen molar-refractivity contribution in [1.82, 2.24) is 10.2 Å². The third kappa shape index (κ3) is 7.45. The summed E-state index contributed by atoms with van der Waals surface area (Å²) in [6.45, 7) is 1.89. The summed E-state index contributed by atoms with van der Waals surface area (Å²) in [5.74, 6) is 0.623. The van der Waals surface area contributed by atoms with Crippen LogP contribution in [0.3, 0.4) is 0 Å². The molecule has 0 aliphatic rings. The molecule has 0 saturated heterocycles. The first-order chi connectivity index (χ1) is 15.5. The maximum atomic E-state index is 12.4. The Labute approximate surface area is 188 Å². The summed E-state index contributed by atoms with van der Waals surface area (Å²) in [5, 5.41) is 8.39. The van der Waals surface area contributed by atoms with Gasteiger partial charge in [0.05, 0.1) is 0 Å². The molecule has 0 radical (unpaired) electrons. The van der Waals surface area contributed by atoms with Crippen LogP contribution in [0.1, 0.15) is 15.9 Å². The number of para-hydroxylation sites is 1. The lowest BCUT2D eigenvalue weighted by atomic mass is 10.1. The minimum absolute atomic E-state index is 0.184. The van der Waals surface area contributed by atoms with E-state index < -0.39 is 0 Å². The van der Waals surface area contributed by atoms with Gasteiger partial charge in [0.1, 0.15) is 12.4 Å². The van der Waals surface area contributed by atoms with E-state index in [9.17, 15) is 9.59 Å². The number of carbonyl (C=O) groups excluding carboxylic acids is 2. The van der Waals surface area contributed by atoms with E-state index in [-0.39, 0.29) is 11.9 Å². The highest BCUT2D eigenvalue weighted by Crippen LogP contribution is 2.14. The second-order valence-electron chi connectivity index (χ2n) is 7.50. The molecule has 0 aliphatic heterocycles. The average Bonchev–Trinajstić information content (AvgIpc) is 2.79. The normalized spacial score (nSPS) is 10.5. The molecule has 0 spiro atoms. The number of urea groups is 1. The van der Waals surface area contributed by atoms with Crippen LogP contribution in [0.2, 0.25) is 0 Å². The van der Waals surface area contributed by atoms with Gasteiger partial charge in [0.15, 0.2) is 0 Å². The Morgan fingerprint density at radius 3 is 2.06 bits per heavy atom. The number of benzene rings is 3. The van der Waals surface area contributed by atoms with Gasteiger partial charge in [-0.3, -0.25) is 4.79 Å². The number of nitrogens with zero attached hydrogens (tertiary/aromatic N) is 1. The van der Waals surface area contributed by atoms with Gasteiger partial charge in [-0.25, -0.2) is 4.79 Å². The SMILES string of the molecule is CN(C)CCOc1ccc(CNC(=O)c2ccc(NC(=O)Nc3ccccc3)cc2)cc1. The van der Waals surface area contributed by atoms with E-state index in [1.54, 1.807) is 36.4 Å². The average molecular weight is 433 g/mol. The van der Waals surface area contributed by atoms with Gasteiger partial charge < -0.3 is 25.6 Å². The van der Waals surface area contributed by atoms with Gasteiger partial charge in [0.25, 0.3) is 5.91 Å². The Kier molecular flexibility index (Phi) is 8.22. The summed E-state index contributed by atoms with van der Waals surface area (Å²) in [6.07, 6.45) is 0. The van der Waals surface area contributed by atoms with Crippen LogP contribution in [0, 0.1) is 0 Å². The predicted molar refractivity (Wildman–Crippen MR) is 127 cm³/mol. The van der Waals surface area contributed by atoms with Gasteiger partial charge in [0.2, 0.25) is 0 Å². The molecule has 0 saturated carbocycles. The van der Waals surface area contributed by atoms with Gasteiger partial charge in [-0.1, -0.05) is 30.3 Å². The Morgan fingerprint density at radius 2 is 1.44 bits per heavy atom. The lowest BCUT2D eigenvalue weighted by Gasteiger charge is -2.11. The first-order valence-corrected chi connectivity index (χ1v) is 10.4. The summed E-state index contributed by atoms with van der Waals surface area (Å²) in [5.41, 5.74) is 2.80. The zero-order chi connectivity index (χ0) is 22.8. The lowest BCUT2D eigenvalue weighted by Crippen LogP contribution is -2.23. The molecule has 3 aromatic carbocycles. The molecule has 32 heavy (non-hydrogen) atoms. The molecule has 166 valence electrons. The van der Waals surface area contributed by atoms with E-state index in [0.717, 1.165) is 17.9 Å². The molecule has 0 bridgehead atoms. The molecule has 0 unspecified atom stereocenters. The first-order valence-electron chi connectivity index (χ1n) is 10.4. The number of likely N-dealkylation sites (N-methyl/N-ethyl adjacent to an activating group) is 1. The van der Waals surface area contributed by atoms with E-state index >= 15 is 0 Å². The van der Waals surface area contributed by atoms with Crippen LogP contribution in [0.4, 0.5) is 16.2 Å². The van der Waals surface area contributed by atoms with Crippen molar-refractivity contribution in [3.63, 3.8) is 0 Å². The van der Waals surface area contributed by atoms with Crippen molar-refractivity contribution in [2.75, 3.05) is 37.9 Å². The van der Waals surface area contributed by atoms with Crippen LogP contribution in [0.25, 0.3) is 0 Å². The number of nitrogens with one attached hydrogen (secondary N) is 3. The van der Waals surface area contributed by atoms with Crippen LogP contribution in [-0.2, 0) is 6.54 Å². The predicted octanol–water partition coefficient (Wildman–Crippen LogP) is 4.20. The zero-order valence-electron chi connectivity index (χ0n) is 18.3. The molecule has 7 heteroatoms. The number of carbonyl (C=O) groups is 2. The van der Waals surface area contributed by atoms with Crippen LogP contribution in [-0.4, -0.2) is 44.1 Å². The van der Waals surface area contributed by atoms with E-state index in [1.807, 2.05) is 56.6 Å². The Morgan fingerprint density at radius 1 is 0.812 bits per heavy atom. The summed E-state index contributed by atoms with van der Waals surface area (Å²) in [7, 11) is 4.00. The molecule has 3 rings (SSSR count). The number of ether oxygens (including phenoxy) is 1. The van der Waals surface area contributed by atoms with Gasteiger partial charge in [-0.2, -0.15) is 0 Å². The van der Waals surface area contributed by atoms with Crippen LogP contribution >= 0.6 is 0 Å². The number of hydrogen-bond acceptors (Lipinski definition) is 4. The fourth-order valence-electron chi connectivity index (χ4n) is 2.85. The molecule has 3 aromatic rings. The largest absolute Gasteiger partial charge is 0.492 e. The first kappa shape index (κ1) is 22.8. The summed E-state index contributed by atoms with van der Waals surface area (Å²) < 4.78 is 5.68. The smallest absolute Gasteiger partial charge is 0.323 e.